The van der Waals surface area contributed by atoms with E-state index in [2.05, 4.69) is 19.2 Å². The van der Waals surface area contributed by atoms with Crippen LogP contribution < -0.4 is 10.1 Å². The van der Waals surface area contributed by atoms with Crippen LogP contribution in [0.5, 0.6) is 5.75 Å². The molecule has 2 amide bonds. The molecule has 0 saturated carbocycles. The Morgan fingerprint density at radius 2 is 1.52 bits per heavy atom. The van der Waals surface area contributed by atoms with Crippen LogP contribution in [0.4, 0.5) is 5.69 Å². The first-order valence-corrected chi connectivity index (χ1v) is 11.1. The number of ether oxygens (including phenoxy) is 1. The molecule has 0 aromatic heterocycles. The van der Waals surface area contributed by atoms with Gasteiger partial charge in [-0.25, -0.2) is 0 Å². The highest BCUT2D eigenvalue weighted by molar-refractivity contribution is 6.36. The van der Waals surface area contributed by atoms with Crippen LogP contribution in [0.1, 0.15) is 36.5 Å². The van der Waals surface area contributed by atoms with E-state index in [0.717, 1.165) is 11.3 Å². The molecule has 0 bridgehead atoms. The van der Waals surface area contributed by atoms with E-state index in [1.807, 2.05) is 66.7 Å². The van der Waals surface area contributed by atoms with E-state index in [0.29, 0.717) is 41.5 Å². The molecule has 5 nitrogen and oxygen atoms in total. The van der Waals surface area contributed by atoms with Crippen LogP contribution in [-0.2, 0) is 16.0 Å². The number of carbonyl (C=O) groups excluding carboxylic acids is 2. The summed E-state index contributed by atoms with van der Waals surface area (Å²) in [6.07, 6.45) is 0.602. The molecule has 1 aliphatic heterocycles. The molecule has 3 aromatic rings. The van der Waals surface area contributed by atoms with E-state index in [9.17, 15) is 9.59 Å². The fraction of sp³-hybridized carbons (Fsp3) is 0.214. The minimum atomic E-state index is -0.310. The summed E-state index contributed by atoms with van der Waals surface area (Å²) in [5, 5.41) is 3.23. The number of nitrogens with zero attached hydrogens (tertiary/aromatic N) is 1. The van der Waals surface area contributed by atoms with Crippen molar-refractivity contribution in [1.82, 2.24) is 4.90 Å². The third-order valence-corrected chi connectivity index (χ3v) is 5.86. The number of anilines is 1. The van der Waals surface area contributed by atoms with Crippen molar-refractivity contribution in [1.29, 1.82) is 0 Å². The van der Waals surface area contributed by atoms with Gasteiger partial charge in [0.15, 0.2) is 0 Å². The molecule has 168 valence electrons. The summed E-state index contributed by atoms with van der Waals surface area (Å²) >= 11 is 0. The van der Waals surface area contributed by atoms with E-state index in [4.69, 9.17) is 4.74 Å². The quantitative estimate of drug-likeness (QED) is 0.486. The predicted molar refractivity (Wildman–Crippen MR) is 131 cm³/mol. The average molecular weight is 441 g/mol. The molecular formula is C28H28N2O3. The number of carbonyl (C=O) groups is 2. The second-order valence-corrected chi connectivity index (χ2v) is 8.38. The Morgan fingerprint density at radius 3 is 2.12 bits per heavy atom. The fourth-order valence-electron chi connectivity index (χ4n) is 3.90. The summed E-state index contributed by atoms with van der Waals surface area (Å²) < 4.78 is 5.25. The van der Waals surface area contributed by atoms with Gasteiger partial charge in [-0.2, -0.15) is 0 Å². The van der Waals surface area contributed by atoms with Crippen LogP contribution in [0.25, 0.3) is 5.57 Å². The van der Waals surface area contributed by atoms with Crippen LogP contribution in [0.3, 0.4) is 0 Å². The summed E-state index contributed by atoms with van der Waals surface area (Å²) in [6, 6.07) is 25.0. The van der Waals surface area contributed by atoms with Gasteiger partial charge in [0.25, 0.3) is 11.8 Å². The van der Waals surface area contributed by atoms with Crippen LogP contribution >= 0.6 is 0 Å². The lowest BCUT2D eigenvalue weighted by Gasteiger charge is -2.15. The van der Waals surface area contributed by atoms with Crippen LogP contribution in [0.2, 0.25) is 0 Å². The Morgan fingerprint density at radius 1 is 0.848 bits per heavy atom. The first-order valence-electron chi connectivity index (χ1n) is 11.1. The molecule has 0 spiro atoms. The molecule has 33 heavy (non-hydrogen) atoms. The maximum atomic E-state index is 13.4. The number of imide groups is 1. The zero-order chi connectivity index (χ0) is 23.4. The lowest BCUT2D eigenvalue weighted by molar-refractivity contribution is -0.136. The van der Waals surface area contributed by atoms with Gasteiger partial charge in [-0.15, -0.1) is 0 Å². The minimum Gasteiger partial charge on any atom is -0.497 e. The molecule has 4 rings (SSSR count). The number of hydrogen-bond acceptors (Lipinski definition) is 4. The maximum Gasteiger partial charge on any atom is 0.278 e. The number of methoxy groups -OCH3 is 1. The number of benzene rings is 3. The van der Waals surface area contributed by atoms with Crippen molar-refractivity contribution in [3.8, 4) is 5.75 Å². The van der Waals surface area contributed by atoms with Crippen molar-refractivity contribution in [2.24, 2.45) is 0 Å². The molecule has 1 aliphatic rings. The minimum absolute atomic E-state index is 0.289. The Bertz CT molecular complexity index is 1160. The van der Waals surface area contributed by atoms with Crippen LogP contribution in [0, 0.1) is 0 Å². The molecule has 0 saturated heterocycles. The third-order valence-electron chi connectivity index (χ3n) is 5.86. The Balaban J connectivity index is 1.65. The third kappa shape index (κ3) is 4.82. The van der Waals surface area contributed by atoms with Gasteiger partial charge in [-0.05, 0) is 53.3 Å². The molecule has 0 fully saturated rings. The zero-order valence-corrected chi connectivity index (χ0v) is 19.2. The standard InChI is InChI=1S/C28H28N2O3/c1-19(2)21-9-13-23(14-10-21)29-26-25(22-11-15-24(33-3)16-12-22)27(31)30(28(26)32)18-17-20-7-5-4-6-8-20/h4-16,19,29H,17-18H2,1-3H3. The lowest BCUT2D eigenvalue weighted by atomic mass is 10.0. The Hall–Kier alpha value is -3.86. The SMILES string of the molecule is COc1ccc(C2=C(Nc3ccc(C(C)C)cc3)C(=O)N(CCc3ccccc3)C2=O)cc1. The van der Waals surface area contributed by atoms with Crippen molar-refractivity contribution in [2.45, 2.75) is 26.2 Å². The smallest absolute Gasteiger partial charge is 0.278 e. The van der Waals surface area contributed by atoms with E-state index in [1.165, 1.54) is 10.5 Å². The Kier molecular flexibility index (Phi) is 6.59. The summed E-state index contributed by atoms with van der Waals surface area (Å²) in [5.74, 6) is 0.504. The fourth-order valence-corrected chi connectivity index (χ4v) is 3.90. The van der Waals surface area contributed by atoms with Gasteiger partial charge in [-0.3, -0.25) is 14.5 Å². The highest BCUT2D eigenvalue weighted by atomic mass is 16.5. The van der Waals surface area contributed by atoms with Crippen LogP contribution in [-0.4, -0.2) is 30.4 Å². The monoisotopic (exact) mass is 440 g/mol. The summed E-state index contributed by atoms with van der Waals surface area (Å²) in [7, 11) is 1.59. The largest absolute Gasteiger partial charge is 0.497 e. The molecule has 0 radical (unpaired) electrons. The van der Waals surface area contributed by atoms with Crippen molar-refractivity contribution in [2.75, 3.05) is 19.0 Å². The molecule has 0 atom stereocenters. The van der Waals surface area contributed by atoms with Crippen molar-refractivity contribution < 1.29 is 14.3 Å². The van der Waals surface area contributed by atoms with E-state index >= 15 is 0 Å². The van der Waals surface area contributed by atoms with E-state index in [-0.39, 0.29) is 11.8 Å². The van der Waals surface area contributed by atoms with Crippen LogP contribution in [0.15, 0.2) is 84.6 Å². The molecule has 0 unspecified atom stereocenters. The highest BCUT2D eigenvalue weighted by Crippen LogP contribution is 2.32. The molecule has 3 aromatic carbocycles. The number of nitrogens with one attached hydrogen (secondary N) is 1. The topological polar surface area (TPSA) is 58.6 Å². The molecule has 1 heterocycles. The van der Waals surface area contributed by atoms with Crippen molar-refractivity contribution in [3.05, 3.63) is 101 Å². The zero-order valence-electron chi connectivity index (χ0n) is 19.2. The second kappa shape index (κ2) is 9.74. The normalized spacial score (nSPS) is 13.8. The highest BCUT2D eigenvalue weighted by Gasteiger charge is 2.39. The van der Waals surface area contributed by atoms with Gasteiger partial charge >= 0.3 is 0 Å². The van der Waals surface area contributed by atoms with Crippen molar-refractivity contribution in [3.63, 3.8) is 0 Å². The number of amides is 2. The average Bonchev–Trinajstić information content (AvgIpc) is 3.07. The number of rotatable bonds is 8. The molecule has 0 aliphatic carbocycles. The summed E-state index contributed by atoms with van der Waals surface area (Å²) in [5.41, 5.74) is 4.42. The van der Waals surface area contributed by atoms with Gasteiger partial charge in [0.05, 0.1) is 12.7 Å². The van der Waals surface area contributed by atoms with E-state index < -0.39 is 0 Å². The molecule has 5 heteroatoms. The van der Waals surface area contributed by atoms with Gasteiger partial charge < -0.3 is 10.1 Å². The molecular weight excluding hydrogens is 412 g/mol. The van der Waals surface area contributed by atoms with Gasteiger partial charge in [0, 0.05) is 12.2 Å². The van der Waals surface area contributed by atoms with Crippen molar-refractivity contribution >= 4 is 23.1 Å². The van der Waals surface area contributed by atoms with Gasteiger partial charge in [0.2, 0.25) is 0 Å². The predicted octanol–water partition coefficient (Wildman–Crippen LogP) is 5.25. The summed E-state index contributed by atoms with van der Waals surface area (Å²) in [6.45, 7) is 4.59. The number of hydrogen-bond donors (Lipinski definition) is 1. The molecule has 1 N–H and O–H groups in total. The first-order chi connectivity index (χ1) is 16.0. The lowest BCUT2D eigenvalue weighted by Crippen LogP contribution is -2.34. The summed E-state index contributed by atoms with van der Waals surface area (Å²) in [4.78, 5) is 28.1. The van der Waals surface area contributed by atoms with E-state index in [1.54, 1.807) is 19.2 Å². The maximum absolute atomic E-state index is 13.4. The second-order valence-electron chi connectivity index (χ2n) is 8.38. The Labute approximate surface area is 194 Å². The first kappa shape index (κ1) is 22.3. The van der Waals surface area contributed by atoms with Gasteiger partial charge in [-0.1, -0.05) is 68.4 Å². The van der Waals surface area contributed by atoms with Gasteiger partial charge in [0.1, 0.15) is 11.4 Å².